The molecule has 33 heavy (non-hydrogen) atoms. The van der Waals surface area contributed by atoms with Gasteiger partial charge in [0.2, 0.25) is 10.0 Å². The van der Waals surface area contributed by atoms with Crippen molar-refractivity contribution in [3.63, 3.8) is 0 Å². The highest BCUT2D eigenvalue weighted by Crippen LogP contribution is 2.37. The smallest absolute Gasteiger partial charge is 0.459 e. The van der Waals surface area contributed by atoms with Gasteiger partial charge in [-0.2, -0.15) is 21.6 Å². The zero-order chi connectivity index (χ0) is 25.6. The third-order valence-electron chi connectivity index (χ3n) is 3.86. The maximum Gasteiger partial charge on any atom is 0.534 e. The highest BCUT2D eigenvalue weighted by molar-refractivity contribution is 7.92. The lowest BCUT2D eigenvalue weighted by Crippen LogP contribution is -2.28. The fourth-order valence-corrected chi connectivity index (χ4v) is 3.78. The molecule has 1 aromatic heterocycles. The number of esters is 1. The van der Waals surface area contributed by atoms with Gasteiger partial charge in [0, 0.05) is 23.2 Å². The minimum Gasteiger partial charge on any atom is -0.459 e. The van der Waals surface area contributed by atoms with Crippen LogP contribution in [0.4, 0.5) is 18.9 Å². The summed E-state index contributed by atoms with van der Waals surface area (Å²) in [6.07, 6.45) is 1.89. The van der Waals surface area contributed by atoms with Crippen molar-refractivity contribution in [2.24, 2.45) is 0 Å². The molecule has 0 atom stereocenters. The molecule has 0 saturated heterocycles. The van der Waals surface area contributed by atoms with Gasteiger partial charge in [-0.1, -0.05) is 0 Å². The van der Waals surface area contributed by atoms with E-state index >= 15 is 0 Å². The summed E-state index contributed by atoms with van der Waals surface area (Å²) in [6, 6.07) is 1.73. The summed E-state index contributed by atoms with van der Waals surface area (Å²) in [4.78, 5) is 24.3. The van der Waals surface area contributed by atoms with E-state index in [-0.39, 0.29) is 16.5 Å². The minimum absolute atomic E-state index is 0.00432. The predicted molar refractivity (Wildman–Crippen MR) is 112 cm³/mol. The van der Waals surface area contributed by atoms with Crippen LogP contribution in [0.2, 0.25) is 0 Å². The standard InChI is InChI=1S/C18H21F3N2O8S2/c1-10(24)12-8-23(9-16(25)30-17(2,3)4)14-7-15(31-33(28,29)18(19,20)21)13(6-11(12)14)22-32(5,26)27/h6-8,22H,9H2,1-5H3. The summed E-state index contributed by atoms with van der Waals surface area (Å²) in [6.45, 7) is 5.52. The molecule has 0 aliphatic heterocycles. The van der Waals surface area contributed by atoms with Crippen molar-refractivity contribution in [2.75, 3.05) is 11.0 Å². The number of halogens is 3. The van der Waals surface area contributed by atoms with E-state index in [1.54, 1.807) is 20.8 Å². The number of aromatic nitrogens is 1. The number of nitrogens with zero attached hydrogens (tertiary/aromatic N) is 1. The maximum atomic E-state index is 12.9. The van der Waals surface area contributed by atoms with E-state index in [1.165, 1.54) is 13.1 Å². The number of ether oxygens (including phenoxy) is 1. The summed E-state index contributed by atoms with van der Waals surface area (Å²) >= 11 is 0. The minimum atomic E-state index is -6.17. The third-order valence-corrected chi connectivity index (χ3v) is 5.42. The zero-order valence-corrected chi connectivity index (χ0v) is 19.7. The van der Waals surface area contributed by atoms with Crippen LogP contribution in [0.15, 0.2) is 18.3 Å². The monoisotopic (exact) mass is 514 g/mol. The van der Waals surface area contributed by atoms with E-state index in [4.69, 9.17) is 4.74 Å². The molecule has 0 aliphatic carbocycles. The first-order chi connectivity index (χ1) is 14.7. The van der Waals surface area contributed by atoms with Crippen molar-refractivity contribution < 1.29 is 48.5 Å². The molecule has 184 valence electrons. The van der Waals surface area contributed by atoms with E-state index in [9.17, 15) is 39.6 Å². The molecule has 10 nitrogen and oxygen atoms in total. The molecule has 0 radical (unpaired) electrons. The Labute approximate surface area is 187 Å². The fraction of sp³-hybridized carbons (Fsp3) is 0.444. The molecular formula is C18H21F3N2O8S2. The number of alkyl halides is 3. The Balaban J connectivity index is 2.76. The molecule has 0 unspecified atom stereocenters. The van der Waals surface area contributed by atoms with E-state index in [0.29, 0.717) is 6.26 Å². The Kier molecular flexibility index (Phi) is 6.82. The normalized spacial score (nSPS) is 13.1. The lowest BCUT2D eigenvalue weighted by Gasteiger charge is -2.20. The van der Waals surface area contributed by atoms with Crippen LogP contribution in [-0.2, 0) is 36.2 Å². The van der Waals surface area contributed by atoms with Crippen LogP contribution in [-0.4, -0.2) is 50.5 Å². The Bertz CT molecular complexity index is 1320. The number of anilines is 1. The van der Waals surface area contributed by atoms with Gasteiger partial charge in [0.1, 0.15) is 12.1 Å². The summed E-state index contributed by atoms with van der Waals surface area (Å²) in [5.74, 6) is -2.27. The van der Waals surface area contributed by atoms with Gasteiger partial charge in [0.15, 0.2) is 11.5 Å². The SMILES string of the molecule is CC(=O)c1cn(CC(=O)OC(C)(C)C)c2cc(OS(=O)(=O)C(F)(F)F)c(NS(C)(=O)=O)cc12. The maximum absolute atomic E-state index is 12.9. The highest BCUT2D eigenvalue weighted by Gasteiger charge is 2.49. The van der Waals surface area contributed by atoms with Gasteiger partial charge < -0.3 is 13.5 Å². The van der Waals surface area contributed by atoms with Gasteiger partial charge >= 0.3 is 21.6 Å². The number of hydrogen-bond donors (Lipinski definition) is 1. The van der Waals surface area contributed by atoms with Crippen LogP contribution in [0.3, 0.4) is 0 Å². The number of carbonyl (C=O) groups excluding carboxylic acids is 2. The molecule has 1 aromatic carbocycles. The van der Waals surface area contributed by atoms with Gasteiger partial charge in [-0.3, -0.25) is 14.3 Å². The molecular weight excluding hydrogens is 493 g/mol. The average molecular weight is 515 g/mol. The molecule has 2 aromatic rings. The van der Waals surface area contributed by atoms with E-state index in [1.807, 2.05) is 4.72 Å². The fourth-order valence-electron chi connectivity index (χ4n) is 2.76. The predicted octanol–water partition coefficient (Wildman–Crippen LogP) is 2.79. The number of carbonyl (C=O) groups is 2. The van der Waals surface area contributed by atoms with Crippen LogP contribution < -0.4 is 8.91 Å². The number of benzene rings is 1. The second-order valence-electron chi connectivity index (χ2n) is 8.04. The number of ketones is 1. The molecule has 0 aliphatic rings. The van der Waals surface area contributed by atoms with Crippen molar-refractivity contribution in [3.8, 4) is 5.75 Å². The number of Topliss-reactive ketones (excluding diaryl/α,β-unsaturated/α-hetero) is 1. The lowest BCUT2D eigenvalue weighted by atomic mass is 10.1. The first kappa shape index (κ1) is 26.4. The van der Waals surface area contributed by atoms with Crippen molar-refractivity contribution in [2.45, 2.75) is 45.3 Å². The van der Waals surface area contributed by atoms with Crippen molar-refractivity contribution >= 4 is 48.5 Å². The molecule has 0 spiro atoms. The van der Waals surface area contributed by atoms with Gasteiger partial charge in [-0.05, 0) is 33.8 Å². The quantitative estimate of drug-likeness (QED) is 0.258. The number of sulfonamides is 1. The summed E-state index contributed by atoms with van der Waals surface area (Å²) < 4.78 is 97.4. The van der Waals surface area contributed by atoms with Crippen LogP contribution in [0.1, 0.15) is 38.1 Å². The molecule has 15 heteroatoms. The molecule has 0 bridgehead atoms. The third kappa shape index (κ3) is 6.60. The second kappa shape index (κ2) is 8.52. The molecule has 0 saturated carbocycles. The summed E-state index contributed by atoms with van der Waals surface area (Å²) in [7, 11) is -10.3. The number of nitrogens with one attached hydrogen (secondary N) is 1. The summed E-state index contributed by atoms with van der Waals surface area (Å²) in [5.41, 5.74) is -7.39. The topological polar surface area (TPSA) is 138 Å². The van der Waals surface area contributed by atoms with Crippen molar-refractivity contribution in [3.05, 3.63) is 23.9 Å². The molecule has 2 rings (SSSR count). The van der Waals surface area contributed by atoms with Gasteiger partial charge in [-0.25, -0.2) is 8.42 Å². The Hall–Kier alpha value is -2.81. The van der Waals surface area contributed by atoms with Crippen LogP contribution in [0, 0.1) is 0 Å². The van der Waals surface area contributed by atoms with Gasteiger partial charge in [0.25, 0.3) is 0 Å². The van der Waals surface area contributed by atoms with E-state index in [0.717, 1.165) is 16.7 Å². The number of rotatable bonds is 7. The Morgan fingerprint density at radius 2 is 1.67 bits per heavy atom. The molecule has 0 fully saturated rings. The zero-order valence-electron chi connectivity index (χ0n) is 18.1. The number of hydrogen-bond acceptors (Lipinski definition) is 8. The van der Waals surface area contributed by atoms with E-state index in [2.05, 4.69) is 4.18 Å². The number of fused-ring (bicyclic) bond motifs is 1. The highest BCUT2D eigenvalue weighted by atomic mass is 32.2. The largest absolute Gasteiger partial charge is 0.534 e. The Morgan fingerprint density at radius 3 is 2.12 bits per heavy atom. The average Bonchev–Trinajstić information content (AvgIpc) is 2.88. The van der Waals surface area contributed by atoms with Crippen LogP contribution >= 0.6 is 0 Å². The first-order valence-corrected chi connectivity index (χ1v) is 12.4. The molecule has 1 heterocycles. The van der Waals surface area contributed by atoms with Gasteiger partial charge in [0.05, 0.1) is 17.5 Å². The molecule has 0 amide bonds. The van der Waals surface area contributed by atoms with Crippen LogP contribution in [0.5, 0.6) is 5.75 Å². The first-order valence-electron chi connectivity index (χ1n) is 9.08. The van der Waals surface area contributed by atoms with E-state index < -0.39 is 61.0 Å². The second-order valence-corrected chi connectivity index (χ2v) is 11.3. The van der Waals surface area contributed by atoms with Crippen molar-refractivity contribution in [1.29, 1.82) is 0 Å². The lowest BCUT2D eigenvalue weighted by molar-refractivity contribution is -0.155. The summed E-state index contributed by atoms with van der Waals surface area (Å²) in [5, 5.41) is 0.0361. The Morgan fingerprint density at radius 1 is 1.09 bits per heavy atom. The molecule has 1 N–H and O–H groups in total. The van der Waals surface area contributed by atoms with Crippen molar-refractivity contribution in [1.82, 2.24) is 4.57 Å². The van der Waals surface area contributed by atoms with Gasteiger partial charge in [-0.15, -0.1) is 0 Å². The van der Waals surface area contributed by atoms with Crippen LogP contribution in [0.25, 0.3) is 10.9 Å².